The van der Waals surface area contributed by atoms with Gasteiger partial charge in [-0.1, -0.05) is 18.2 Å². The summed E-state index contributed by atoms with van der Waals surface area (Å²) in [4.78, 5) is 17.1. The van der Waals surface area contributed by atoms with Crippen molar-refractivity contribution in [3.8, 4) is 16.9 Å². The van der Waals surface area contributed by atoms with E-state index in [1.165, 1.54) is 5.56 Å². The zero-order valence-electron chi connectivity index (χ0n) is 16.8. The van der Waals surface area contributed by atoms with Gasteiger partial charge in [0.15, 0.2) is 0 Å². The molecule has 0 aromatic heterocycles. The predicted octanol–water partition coefficient (Wildman–Crippen LogP) is 3.23. The second kappa shape index (κ2) is 7.69. The molecule has 2 amide bonds. The monoisotopic (exact) mass is 393 g/mol. The van der Waals surface area contributed by atoms with Crippen LogP contribution in [0.25, 0.3) is 11.1 Å². The molecule has 1 N–H and O–H groups in total. The van der Waals surface area contributed by atoms with E-state index in [0.29, 0.717) is 6.54 Å². The highest BCUT2D eigenvalue weighted by molar-refractivity contribution is 5.90. The van der Waals surface area contributed by atoms with Crippen LogP contribution in [0.1, 0.15) is 12.0 Å². The summed E-state index contributed by atoms with van der Waals surface area (Å²) >= 11 is 0. The van der Waals surface area contributed by atoms with Gasteiger partial charge in [-0.15, -0.1) is 0 Å². The van der Waals surface area contributed by atoms with Crippen LogP contribution in [0.2, 0.25) is 0 Å². The van der Waals surface area contributed by atoms with Gasteiger partial charge < -0.3 is 19.7 Å². The molecule has 5 rings (SSSR count). The second-order valence-corrected chi connectivity index (χ2v) is 8.12. The Morgan fingerprint density at radius 3 is 2.93 bits per heavy atom. The number of anilines is 1. The van der Waals surface area contributed by atoms with Crippen molar-refractivity contribution in [1.29, 1.82) is 0 Å². The van der Waals surface area contributed by atoms with E-state index in [0.717, 1.165) is 61.7 Å². The fourth-order valence-corrected chi connectivity index (χ4v) is 4.57. The number of benzene rings is 2. The maximum atomic E-state index is 12.9. The quantitative estimate of drug-likeness (QED) is 0.851. The van der Waals surface area contributed by atoms with Crippen LogP contribution in [0.4, 0.5) is 10.5 Å². The number of carbonyl (C=O) groups excluding carboxylic acids is 1. The molecule has 2 saturated heterocycles. The van der Waals surface area contributed by atoms with Crippen LogP contribution < -0.4 is 10.1 Å². The largest absolute Gasteiger partial charge is 0.493 e. The van der Waals surface area contributed by atoms with Gasteiger partial charge in [0.25, 0.3) is 0 Å². The molecule has 0 radical (unpaired) electrons. The third kappa shape index (κ3) is 3.70. The third-order valence-corrected chi connectivity index (χ3v) is 6.29. The van der Waals surface area contributed by atoms with Gasteiger partial charge in [-0.05, 0) is 54.4 Å². The van der Waals surface area contributed by atoms with Crippen LogP contribution in [0.3, 0.4) is 0 Å². The molecule has 3 heterocycles. The van der Waals surface area contributed by atoms with E-state index >= 15 is 0 Å². The van der Waals surface area contributed by atoms with E-state index in [1.807, 2.05) is 29.2 Å². The smallest absolute Gasteiger partial charge is 0.321 e. The zero-order chi connectivity index (χ0) is 19.8. The number of likely N-dealkylation sites (N-methyl/N-ethyl adjacent to an activating group) is 1. The molecule has 6 heteroatoms. The number of urea groups is 1. The van der Waals surface area contributed by atoms with Crippen LogP contribution in [0, 0.1) is 0 Å². The highest BCUT2D eigenvalue weighted by Crippen LogP contribution is 2.31. The van der Waals surface area contributed by atoms with Gasteiger partial charge in [0, 0.05) is 31.7 Å². The van der Waals surface area contributed by atoms with Gasteiger partial charge in [0.05, 0.1) is 25.4 Å². The van der Waals surface area contributed by atoms with Crippen molar-refractivity contribution >= 4 is 11.7 Å². The summed E-state index contributed by atoms with van der Waals surface area (Å²) in [6.45, 7) is 3.89. The third-order valence-electron chi connectivity index (χ3n) is 6.29. The molecule has 2 aromatic rings. The van der Waals surface area contributed by atoms with Crippen LogP contribution >= 0.6 is 0 Å². The summed E-state index contributed by atoms with van der Waals surface area (Å²) in [5, 5.41) is 3.09. The molecule has 0 aliphatic carbocycles. The van der Waals surface area contributed by atoms with Crippen molar-refractivity contribution in [2.24, 2.45) is 0 Å². The highest BCUT2D eigenvalue weighted by atomic mass is 16.5. The number of hydrogen-bond acceptors (Lipinski definition) is 4. The standard InChI is InChI=1S/C23H27N3O3/c1-25-10-12-29-22-7-9-26(15-20(22)25)23(27)24-19-4-2-3-16(14-19)17-5-6-21-18(13-17)8-11-28-21/h2-6,13-14,20,22H,7-12,15H2,1H3,(H,24,27). The van der Waals surface area contributed by atoms with E-state index in [-0.39, 0.29) is 18.2 Å². The molecule has 152 valence electrons. The molecule has 2 atom stereocenters. The molecular formula is C23H27N3O3. The number of morpholine rings is 1. The number of piperidine rings is 1. The maximum Gasteiger partial charge on any atom is 0.321 e. The molecule has 2 unspecified atom stereocenters. The molecule has 2 aromatic carbocycles. The van der Waals surface area contributed by atoms with Crippen molar-refractivity contribution in [1.82, 2.24) is 9.80 Å². The lowest BCUT2D eigenvalue weighted by molar-refractivity contribution is -0.0875. The number of amides is 2. The molecule has 6 nitrogen and oxygen atoms in total. The van der Waals surface area contributed by atoms with Crippen molar-refractivity contribution in [2.75, 3.05) is 45.2 Å². The maximum absolute atomic E-state index is 12.9. The molecule has 29 heavy (non-hydrogen) atoms. The number of nitrogens with one attached hydrogen (secondary N) is 1. The molecule has 2 fully saturated rings. The lowest BCUT2D eigenvalue weighted by atomic mass is 9.99. The Morgan fingerprint density at radius 1 is 1.10 bits per heavy atom. The van der Waals surface area contributed by atoms with E-state index in [2.05, 4.69) is 35.5 Å². The first-order chi connectivity index (χ1) is 14.2. The normalized spacial score (nSPS) is 23.8. The summed E-state index contributed by atoms with van der Waals surface area (Å²) in [5.41, 5.74) is 4.31. The Bertz CT molecular complexity index is 916. The van der Waals surface area contributed by atoms with Gasteiger partial charge in [-0.2, -0.15) is 0 Å². The summed E-state index contributed by atoms with van der Waals surface area (Å²) in [6.07, 6.45) is 2.08. The lowest BCUT2D eigenvalue weighted by Crippen LogP contribution is -2.60. The Morgan fingerprint density at radius 2 is 2.00 bits per heavy atom. The second-order valence-electron chi connectivity index (χ2n) is 8.12. The van der Waals surface area contributed by atoms with Crippen molar-refractivity contribution in [3.63, 3.8) is 0 Å². The fourth-order valence-electron chi connectivity index (χ4n) is 4.57. The number of rotatable bonds is 2. The van der Waals surface area contributed by atoms with Gasteiger partial charge in [-0.25, -0.2) is 4.79 Å². The van der Waals surface area contributed by atoms with Crippen molar-refractivity contribution < 1.29 is 14.3 Å². The zero-order valence-corrected chi connectivity index (χ0v) is 16.8. The van der Waals surface area contributed by atoms with Crippen LogP contribution in [-0.4, -0.2) is 67.9 Å². The average Bonchev–Trinajstić information content (AvgIpc) is 3.22. The van der Waals surface area contributed by atoms with Crippen LogP contribution in [-0.2, 0) is 11.2 Å². The molecule has 0 saturated carbocycles. The van der Waals surface area contributed by atoms with Crippen LogP contribution in [0.15, 0.2) is 42.5 Å². The van der Waals surface area contributed by atoms with E-state index in [4.69, 9.17) is 9.47 Å². The Labute approximate surface area is 171 Å². The molecule has 0 spiro atoms. The number of ether oxygens (including phenoxy) is 2. The van der Waals surface area contributed by atoms with E-state index in [9.17, 15) is 4.79 Å². The van der Waals surface area contributed by atoms with E-state index < -0.39 is 0 Å². The topological polar surface area (TPSA) is 54.0 Å². The first-order valence-electron chi connectivity index (χ1n) is 10.4. The predicted molar refractivity (Wildman–Crippen MR) is 112 cm³/mol. The molecule has 3 aliphatic rings. The number of fused-ring (bicyclic) bond motifs is 2. The molecule has 3 aliphatic heterocycles. The summed E-state index contributed by atoms with van der Waals surface area (Å²) < 4.78 is 11.5. The first kappa shape index (κ1) is 18.5. The fraction of sp³-hybridized carbons (Fsp3) is 0.435. The minimum absolute atomic E-state index is 0.0399. The molecular weight excluding hydrogens is 366 g/mol. The van der Waals surface area contributed by atoms with Gasteiger partial charge in [0.2, 0.25) is 0 Å². The summed E-state index contributed by atoms with van der Waals surface area (Å²) in [7, 11) is 2.12. The summed E-state index contributed by atoms with van der Waals surface area (Å²) in [5.74, 6) is 0.985. The van der Waals surface area contributed by atoms with Gasteiger partial charge >= 0.3 is 6.03 Å². The minimum Gasteiger partial charge on any atom is -0.493 e. The Balaban J connectivity index is 1.28. The first-order valence-corrected chi connectivity index (χ1v) is 10.4. The van der Waals surface area contributed by atoms with Gasteiger partial charge in [-0.3, -0.25) is 4.90 Å². The van der Waals surface area contributed by atoms with Crippen molar-refractivity contribution in [3.05, 3.63) is 48.0 Å². The average molecular weight is 393 g/mol. The number of likely N-dealkylation sites (tertiary alicyclic amines) is 1. The van der Waals surface area contributed by atoms with Crippen molar-refractivity contribution in [2.45, 2.75) is 25.0 Å². The SMILES string of the molecule is CN1CCOC2CCN(C(=O)Nc3cccc(-c4ccc5c(c4)CCO5)c3)CC21. The number of nitrogens with zero attached hydrogens (tertiary/aromatic N) is 2. The summed E-state index contributed by atoms with van der Waals surface area (Å²) in [6, 6.07) is 14.6. The van der Waals surface area contributed by atoms with Gasteiger partial charge in [0.1, 0.15) is 5.75 Å². The highest BCUT2D eigenvalue weighted by Gasteiger charge is 2.36. The Hall–Kier alpha value is -2.57. The minimum atomic E-state index is -0.0399. The number of hydrogen-bond donors (Lipinski definition) is 1. The van der Waals surface area contributed by atoms with Crippen LogP contribution in [0.5, 0.6) is 5.75 Å². The Kier molecular flexibility index (Phi) is 4.89. The lowest BCUT2D eigenvalue weighted by Gasteiger charge is -2.45. The van der Waals surface area contributed by atoms with E-state index in [1.54, 1.807) is 0 Å². The molecule has 0 bridgehead atoms. The number of carbonyl (C=O) groups is 1.